The lowest BCUT2D eigenvalue weighted by Crippen LogP contribution is -2.37. The molecule has 1 saturated carbocycles. The normalized spacial score (nSPS) is 25.0. The number of likely N-dealkylation sites (N-methyl/N-ethyl adjacent to an activating group) is 2. The van der Waals surface area contributed by atoms with Gasteiger partial charge in [-0.3, -0.25) is 19.1 Å². The number of carbonyl (C=O) groups excluding carboxylic acids is 1. The van der Waals surface area contributed by atoms with E-state index in [1.165, 1.54) is 17.0 Å². The summed E-state index contributed by atoms with van der Waals surface area (Å²) >= 11 is 0. The van der Waals surface area contributed by atoms with Gasteiger partial charge in [0.1, 0.15) is 0 Å². The van der Waals surface area contributed by atoms with E-state index in [0.29, 0.717) is 25.0 Å². The summed E-state index contributed by atoms with van der Waals surface area (Å²) in [6.07, 6.45) is 6.96. The average molecular weight is 470 g/mol. The van der Waals surface area contributed by atoms with Crippen molar-refractivity contribution in [1.82, 2.24) is 34.7 Å². The lowest BCUT2D eigenvalue weighted by Gasteiger charge is -2.36. The third-order valence-corrected chi connectivity index (χ3v) is 8.10. The molecule has 1 amide bonds. The Bertz CT molecular complexity index is 1010. The van der Waals surface area contributed by atoms with Crippen molar-refractivity contribution in [3.63, 3.8) is 0 Å². The van der Waals surface area contributed by atoms with E-state index in [2.05, 4.69) is 27.0 Å². The van der Waals surface area contributed by atoms with Gasteiger partial charge in [-0.05, 0) is 58.2 Å². The molecule has 0 unspecified atom stereocenters. The minimum atomic E-state index is -0.182. The smallest absolute Gasteiger partial charge is 0.229 e. The number of aromatic nitrogens is 4. The summed E-state index contributed by atoms with van der Waals surface area (Å²) in [5.74, 6) is 0.797. The molecule has 34 heavy (non-hydrogen) atoms. The number of nitrogens with zero attached hydrogens (tertiary/aromatic N) is 6. The molecule has 2 aromatic rings. The minimum Gasteiger partial charge on any atom is -0.373 e. The van der Waals surface area contributed by atoms with Crippen LogP contribution in [-0.4, -0.2) is 75.6 Å². The maximum Gasteiger partial charge on any atom is 0.229 e. The van der Waals surface area contributed by atoms with E-state index in [1.807, 2.05) is 31.3 Å². The van der Waals surface area contributed by atoms with Gasteiger partial charge >= 0.3 is 0 Å². The highest BCUT2D eigenvalue weighted by molar-refractivity contribution is 5.85. The Kier molecular flexibility index (Phi) is 6.77. The Labute approximate surface area is 202 Å². The molecular weight excluding hydrogens is 430 g/mol. The van der Waals surface area contributed by atoms with Crippen LogP contribution in [-0.2, 0) is 42.8 Å². The minimum absolute atomic E-state index is 0.182. The van der Waals surface area contributed by atoms with E-state index in [9.17, 15) is 4.79 Å². The number of fused-ring (bicyclic) bond motifs is 1. The van der Waals surface area contributed by atoms with Crippen LogP contribution in [0.1, 0.15) is 60.7 Å². The van der Waals surface area contributed by atoms with Crippen LogP contribution in [0.3, 0.4) is 0 Å². The van der Waals surface area contributed by atoms with E-state index >= 15 is 0 Å². The van der Waals surface area contributed by atoms with Crippen LogP contribution in [0.4, 0.5) is 0 Å². The number of likely N-dealkylation sites (tertiary alicyclic amines) is 1. The van der Waals surface area contributed by atoms with Crippen LogP contribution in [0.15, 0.2) is 12.3 Å². The molecule has 9 heteroatoms. The first-order chi connectivity index (χ1) is 16.5. The van der Waals surface area contributed by atoms with Crippen LogP contribution < -0.4 is 5.32 Å². The zero-order valence-corrected chi connectivity index (χ0v) is 20.9. The largest absolute Gasteiger partial charge is 0.373 e. The highest BCUT2D eigenvalue weighted by Crippen LogP contribution is 2.50. The SMILES string of the molecule is CNCCN(C)Cc1nn2c(c1C1CCC3(CC1)CCN(Cc1ccn(C)n1)C3=O)COCC2. The number of carbonyl (C=O) groups is 1. The molecule has 1 saturated heterocycles. The maximum absolute atomic E-state index is 13.5. The Morgan fingerprint density at radius 2 is 2.06 bits per heavy atom. The lowest BCUT2D eigenvalue weighted by atomic mass is 9.67. The standard InChI is InChI=1S/C25H39N7O2/c1-26-10-13-29(2)17-21-23(22-18-34-15-14-32(22)28-21)19-4-7-25(8-5-19)9-12-31(24(25)33)16-20-6-11-30(3)27-20/h6,11,19,26H,4-5,7-10,12-18H2,1-3H3. The first-order valence-corrected chi connectivity index (χ1v) is 12.8. The molecule has 0 aromatic carbocycles. The van der Waals surface area contributed by atoms with Crippen molar-refractivity contribution in [2.24, 2.45) is 12.5 Å². The first-order valence-electron chi connectivity index (χ1n) is 12.8. The van der Waals surface area contributed by atoms with Gasteiger partial charge in [0, 0.05) is 45.0 Å². The highest BCUT2D eigenvalue weighted by Gasteiger charge is 2.49. The van der Waals surface area contributed by atoms with Crippen molar-refractivity contribution in [3.05, 3.63) is 34.9 Å². The van der Waals surface area contributed by atoms with Gasteiger partial charge < -0.3 is 15.0 Å². The molecule has 186 valence electrons. The molecule has 0 bridgehead atoms. The third-order valence-electron chi connectivity index (χ3n) is 8.10. The molecule has 0 atom stereocenters. The highest BCUT2D eigenvalue weighted by atomic mass is 16.5. The van der Waals surface area contributed by atoms with Crippen molar-refractivity contribution in [2.45, 2.75) is 64.3 Å². The van der Waals surface area contributed by atoms with Gasteiger partial charge in [-0.15, -0.1) is 0 Å². The van der Waals surface area contributed by atoms with E-state index in [1.54, 1.807) is 4.68 Å². The quantitative estimate of drug-likeness (QED) is 0.636. The second-order valence-electron chi connectivity index (χ2n) is 10.4. The molecule has 2 aliphatic heterocycles. The number of aryl methyl sites for hydroxylation is 1. The topological polar surface area (TPSA) is 80.5 Å². The summed E-state index contributed by atoms with van der Waals surface area (Å²) in [7, 11) is 6.08. The molecule has 4 heterocycles. The van der Waals surface area contributed by atoms with Crippen molar-refractivity contribution < 1.29 is 9.53 Å². The molecule has 1 N–H and O–H groups in total. The third kappa shape index (κ3) is 4.53. The molecule has 1 spiro atoms. The summed E-state index contributed by atoms with van der Waals surface area (Å²) in [6, 6.07) is 2.01. The van der Waals surface area contributed by atoms with E-state index in [4.69, 9.17) is 9.84 Å². The fourth-order valence-corrected chi connectivity index (χ4v) is 6.16. The van der Waals surface area contributed by atoms with E-state index in [0.717, 1.165) is 77.1 Å². The van der Waals surface area contributed by atoms with Crippen LogP contribution in [0, 0.1) is 5.41 Å². The van der Waals surface area contributed by atoms with Gasteiger partial charge in [-0.1, -0.05) is 0 Å². The molecule has 9 nitrogen and oxygen atoms in total. The average Bonchev–Trinajstić information content (AvgIpc) is 3.50. The van der Waals surface area contributed by atoms with Crippen molar-refractivity contribution in [2.75, 3.05) is 40.3 Å². The number of ether oxygens (including phenoxy) is 1. The predicted octanol–water partition coefficient (Wildman–Crippen LogP) is 1.87. The zero-order chi connectivity index (χ0) is 23.7. The number of nitrogens with one attached hydrogen (secondary N) is 1. The Morgan fingerprint density at radius 1 is 1.24 bits per heavy atom. The number of hydrogen-bond acceptors (Lipinski definition) is 6. The number of hydrogen-bond donors (Lipinski definition) is 1. The van der Waals surface area contributed by atoms with E-state index in [-0.39, 0.29) is 5.41 Å². The zero-order valence-electron chi connectivity index (χ0n) is 20.9. The lowest BCUT2D eigenvalue weighted by molar-refractivity contribution is -0.138. The molecule has 2 fully saturated rings. The molecule has 0 radical (unpaired) electrons. The van der Waals surface area contributed by atoms with Gasteiger partial charge in [-0.25, -0.2) is 0 Å². The van der Waals surface area contributed by atoms with E-state index < -0.39 is 0 Å². The van der Waals surface area contributed by atoms with Crippen LogP contribution in [0.25, 0.3) is 0 Å². The predicted molar refractivity (Wildman–Crippen MR) is 129 cm³/mol. The fourth-order valence-electron chi connectivity index (χ4n) is 6.16. The summed E-state index contributed by atoms with van der Waals surface area (Å²) in [5.41, 5.74) is 4.66. The monoisotopic (exact) mass is 469 g/mol. The fraction of sp³-hybridized carbons (Fsp3) is 0.720. The van der Waals surface area contributed by atoms with Gasteiger partial charge in [0.15, 0.2) is 0 Å². The first kappa shape index (κ1) is 23.5. The van der Waals surface area contributed by atoms with Gasteiger partial charge in [0.2, 0.25) is 5.91 Å². The van der Waals surface area contributed by atoms with Crippen molar-refractivity contribution in [3.8, 4) is 0 Å². The summed E-state index contributed by atoms with van der Waals surface area (Å²) < 4.78 is 9.83. The molecular formula is C25H39N7O2. The van der Waals surface area contributed by atoms with Gasteiger partial charge in [-0.2, -0.15) is 10.2 Å². The van der Waals surface area contributed by atoms with Crippen LogP contribution in [0.2, 0.25) is 0 Å². The van der Waals surface area contributed by atoms with Crippen LogP contribution >= 0.6 is 0 Å². The second kappa shape index (κ2) is 9.79. The Morgan fingerprint density at radius 3 is 2.79 bits per heavy atom. The maximum atomic E-state index is 13.5. The number of rotatable bonds is 8. The number of amides is 1. The van der Waals surface area contributed by atoms with Gasteiger partial charge in [0.05, 0.1) is 48.8 Å². The molecule has 5 rings (SSSR count). The van der Waals surface area contributed by atoms with Gasteiger partial charge in [0.25, 0.3) is 0 Å². The molecule has 1 aliphatic carbocycles. The van der Waals surface area contributed by atoms with Crippen LogP contribution in [0.5, 0.6) is 0 Å². The molecule has 3 aliphatic rings. The second-order valence-corrected chi connectivity index (χ2v) is 10.4. The summed E-state index contributed by atoms with van der Waals surface area (Å²) in [4.78, 5) is 17.8. The Hall–Kier alpha value is -2.23. The molecule has 2 aromatic heterocycles. The van der Waals surface area contributed by atoms with Crippen molar-refractivity contribution in [1.29, 1.82) is 0 Å². The van der Waals surface area contributed by atoms with Crippen molar-refractivity contribution >= 4 is 5.91 Å². The summed E-state index contributed by atoms with van der Waals surface area (Å²) in [6.45, 7) is 6.50. The summed E-state index contributed by atoms with van der Waals surface area (Å²) in [5, 5.41) is 12.7. The Balaban J connectivity index is 1.29.